The smallest absolute Gasteiger partial charge is 0.304 e. The Morgan fingerprint density at radius 2 is 1.71 bits per heavy atom. The summed E-state index contributed by atoms with van der Waals surface area (Å²) in [6, 6.07) is 11.3. The van der Waals surface area contributed by atoms with E-state index in [0.29, 0.717) is 44.5 Å². The molecule has 0 radical (unpaired) electrons. The van der Waals surface area contributed by atoms with Gasteiger partial charge in [-0.05, 0) is 68.7 Å². The Morgan fingerprint density at radius 3 is 2.32 bits per heavy atom. The van der Waals surface area contributed by atoms with Gasteiger partial charge in [0.15, 0.2) is 0 Å². The largest absolute Gasteiger partial charge is 0.461 e. The molecule has 3 aromatic rings. The van der Waals surface area contributed by atoms with Crippen molar-refractivity contribution in [3.63, 3.8) is 0 Å². The van der Waals surface area contributed by atoms with Crippen molar-refractivity contribution in [2.24, 2.45) is 5.92 Å². The molecule has 0 fully saturated rings. The van der Waals surface area contributed by atoms with Crippen LogP contribution in [0.1, 0.15) is 59.7 Å². The normalized spacial score (nSPS) is 15.7. The van der Waals surface area contributed by atoms with Gasteiger partial charge in [-0.25, -0.2) is 4.57 Å². The number of halogens is 2. The second-order valence-electron chi connectivity index (χ2n) is 9.77. The van der Waals surface area contributed by atoms with Gasteiger partial charge in [0, 0.05) is 29.8 Å². The molecule has 0 saturated heterocycles. The summed E-state index contributed by atoms with van der Waals surface area (Å²) in [4.78, 5) is 45.7. The Balaban J connectivity index is 1.78. The van der Waals surface area contributed by atoms with Crippen molar-refractivity contribution in [3.05, 3.63) is 85.2 Å². The molecular formula is C28H30Cl2N4O4. The summed E-state index contributed by atoms with van der Waals surface area (Å²) in [5, 5.41) is 3.25. The van der Waals surface area contributed by atoms with Crippen LogP contribution >= 0.6 is 23.2 Å². The zero-order valence-corrected chi connectivity index (χ0v) is 23.4. The zero-order chi connectivity index (χ0) is 27.7. The number of aromatic nitrogens is 2. The first-order valence-corrected chi connectivity index (χ1v) is 13.2. The third-order valence-electron chi connectivity index (χ3n) is 6.86. The first kappa shape index (κ1) is 27.7. The minimum atomic E-state index is -0.262. The van der Waals surface area contributed by atoms with Gasteiger partial charge in [0.2, 0.25) is 0 Å². The second kappa shape index (κ2) is 11.2. The maximum Gasteiger partial charge on any atom is 0.304 e. The van der Waals surface area contributed by atoms with Crippen LogP contribution in [0.25, 0.3) is 5.69 Å². The third-order valence-corrected chi connectivity index (χ3v) is 7.59. The molecule has 8 nitrogen and oxygen atoms in total. The molecule has 10 heteroatoms. The molecule has 2 amide bonds. The zero-order valence-electron chi connectivity index (χ0n) is 21.9. The molecule has 0 spiro atoms. The maximum atomic E-state index is 13.9. The van der Waals surface area contributed by atoms with Crippen molar-refractivity contribution >= 4 is 35.0 Å². The lowest BCUT2D eigenvalue weighted by Gasteiger charge is -2.34. The first-order chi connectivity index (χ1) is 18.0. The molecule has 200 valence electrons. The number of rotatable bonds is 6. The van der Waals surface area contributed by atoms with E-state index in [9.17, 15) is 14.4 Å². The van der Waals surface area contributed by atoms with Crippen molar-refractivity contribution in [3.8, 4) is 11.7 Å². The van der Waals surface area contributed by atoms with Gasteiger partial charge in [0.25, 0.3) is 17.4 Å². The summed E-state index contributed by atoms with van der Waals surface area (Å²) < 4.78 is 7.62. The van der Waals surface area contributed by atoms with Crippen molar-refractivity contribution in [2.75, 3.05) is 7.05 Å². The van der Waals surface area contributed by atoms with Gasteiger partial charge in [-0.3, -0.25) is 14.4 Å². The van der Waals surface area contributed by atoms with Gasteiger partial charge in [-0.15, -0.1) is 0 Å². The van der Waals surface area contributed by atoms with E-state index in [4.69, 9.17) is 32.9 Å². The number of hydrogen-bond acceptors (Lipinski definition) is 5. The Bertz CT molecular complexity index is 1440. The Labute approximate surface area is 231 Å². The first-order valence-electron chi connectivity index (χ1n) is 12.4. The highest BCUT2D eigenvalue weighted by molar-refractivity contribution is 6.42. The molecule has 0 aliphatic carbocycles. The summed E-state index contributed by atoms with van der Waals surface area (Å²) in [5.41, 5.74) is 2.16. The highest BCUT2D eigenvalue weighted by Gasteiger charge is 2.32. The van der Waals surface area contributed by atoms with Crippen molar-refractivity contribution in [2.45, 2.75) is 52.8 Å². The van der Waals surface area contributed by atoms with Crippen LogP contribution in [0.4, 0.5) is 0 Å². The number of carbonyl (C=O) groups excluding carboxylic acids is 2. The van der Waals surface area contributed by atoms with Gasteiger partial charge in [-0.1, -0.05) is 37.0 Å². The number of carbonyl (C=O) groups is 2. The fourth-order valence-electron chi connectivity index (χ4n) is 4.22. The predicted octanol–water partition coefficient (Wildman–Crippen LogP) is 4.91. The van der Waals surface area contributed by atoms with E-state index in [-0.39, 0.29) is 48.0 Å². The monoisotopic (exact) mass is 556 g/mol. The Kier molecular flexibility index (Phi) is 8.13. The van der Waals surface area contributed by atoms with Crippen LogP contribution in [-0.2, 0) is 13.0 Å². The molecule has 1 aliphatic rings. The molecule has 4 rings (SSSR count). The van der Waals surface area contributed by atoms with E-state index in [1.807, 2.05) is 27.7 Å². The molecule has 1 aliphatic heterocycles. The average Bonchev–Trinajstić information content (AvgIpc) is 2.90. The lowest BCUT2D eigenvalue weighted by atomic mass is 9.98. The van der Waals surface area contributed by atoms with Crippen LogP contribution in [0.2, 0.25) is 10.0 Å². The van der Waals surface area contributed by atoms with E-state index in [0.717, 1.165) is 0 Å². The summed E-state index contributed by atoms with van der Waals surface area (Å²) >= 11 is 12.2. The van der Waals surface area contributed by atoms with Crippen molar-refractivity contribution < 1.29 is 14.3 Å². The predicted molar refractivity (Wildman–Crippen MR) is 148 cm³/mol. The fourth-order valence-corrected chi connectivity index (χ4v) is 4.52. The molecule has 2 aromatic carbocycles. The molecule has 0 bridgehead atoms. The average molecular weight is 557 g/mol. The second-order valence-corrected chi connectivity index (χ2v) is 10.6. The maximum absolute atomic E-state index is 13.9. The summed E-state index contributed by atoms with van der Waals surface area (Å²) in [5.74, 6) is -0.284. The molecular weight excluding hydrogens is 527 g/mol. The van der Waals surface area contributed by atoms with Gasteiger partial charge in [-0.2, -0.15) is 4.98 Å². The number of hydrogen-bond donors (Lipinski definition) is 1. The lowest BCUT2D eigenvalue weighted by Crippen LogP contribution is -2.46. The molecule has 1 N–H and O–H groups in total. The van der Waals surface area contributed by atoms with Gasteiger partial charge in [0.05, 0.1) is 28.0 Å². The minimum Gasteiger partial charge on any atom is -0.461 e. The van der Waals surface area contributed by atoms with Crippen LogP contribution < -0.4 is 15.6 Å². The van der Waals surface area contributed by atoms with Crippen LogP contribution in [0.3, 0.4) is 0 Å². The van der Waals surface area contributed by atoms with E-state index in [1.54, 1.807) is 54.4 Å². The van der Waals surface area contributed by atoms with E-state index >= 15 is 0 Å². The van der Waals surface area contributed by atoms with Crippen LogP contribution in [0.5, 0.6) is 6.01 Å². The molecule has 0 saturated carbocycles. The van der Waals surface area contributed by atoms with Gasteiger partial charge in [0.1, 0.15) is 6.10 Å². The number of amides is 2. The highest BCUT2D eigenvalue weighted by atomic mass is 35.5. The van der Waals surface area contributed by atoms with E-state index in [2.05, 4.69) is 5.32 Å². The summed E-state index contributed by atoms with van der Waals surface area (Å²) in [6.45, 7) is 7.99. The number of nitrogens with one attached hydrogen (secondary N) is 1. The van der Waals surface area contributed by atoms with Crippen LogP contribution in [0.15, 0.2) is 47.3 Å². The lowest BCUT2D eigenvalue weighted by molar-refractivity contribution is 0.0649. The third kappa shape index (κ3) is 5.42. The van der Waals surface area contributed by atoms with Crippen LogP contribution in [0, 0.1) is 5.92 Å². The molecule has 2 heterocycles. The number of ether oxygens (including phenoxy) is 1. The van der Waals surface area contributed by atoms with E-state index < -0.39 is 0 Å². The Hall–Kier alpha value is -3.36. The number of nitrogens with zero attached hydrogens (tertiary/aromatic N) is 3. The van der Waals surface area contributed by atoms with Crippen molar-refractivity contribution in [1.29, 1.82) is 0 Å². The quantitative estimate of drug-likeness (QED) is 0.465. The molecule has 2 atom stereocenters. The highest BCUT2D eigenvalue weighted by Crippen LogP contribution is 2.28. The number of benzene rings is 2. The Morgan fingerprint density at radius 1 is 1.05 bits per heavy atom. The number of fused-ring (bicyclic) bond motifs is 1. The van der Waals surface area contributed by atoms with Crippen LogP contribution in [-0.4, -0.2) is 45.5 Å². The minimum absolute atomic E-state index is 0.138. The molecule has 1 aromatic heterocycles. The van der Waals surface area contributed by atoms with E-state index in [1.165, 1.54) is 4.57 Å². The van der Waals surface area contributed by atoms with Gasteiger partial charge < -0.3 is 15.0 Å². The topological polar surface area (TPSA) is 93.5 Å². The SMILES string of the molecule is CNC(=O)c1ccc(-n2c(O[C@H](C)C(C)C)nc3c(c2=O)C[C@@H](C)N(C(=O)c2ccc(Cl)c(Cl)c2)C3)cc1. The van der Waals surface area contributed by atoms with Gasteiger partial charge >= 0.3 is 6.01 Å². The summed E-state index contributed by atoms with van der Waals surface area (Å²) in [6.07, 6.45) is 0.0951. The van der Waals surface area contributed by atoms with Crippen molar-refractivity contribution in [1.82, 2.24) is 19.8 Å². The molecule has 0 unspecified atom stereocenters. The molecule has 38 heavy (non-hydrogen) atoms. The summed E-state index contributed by atoms with van der Waals surface area (Å²) in [7, 11) is 1.56. The fraction of sp³-hybridized carbons (Fsp3) is 0.357. The standard InChI is InChI=1S/C28H30Cl2N4O4/c1-15(2)17(4)38-28-32-24-14-33(26(36)19-8-11-22(29)23(30)13-19)16(3)12-21(24)27(37)34(28)20-9-6-18(7-10-20)25(35)31-5/h6-11,13,15-17H,12,14H2,1-5H3,(H,31,35)/t16-,17-/m1/s1.